The van der Waals surface area contributed by atoms with Crippen molar-refractivity contribution in [3.63, 3.8) is 0 Å². The van der Waals surface area contributed by atoms with Crippen LogP contribution in [0.2, 0.25) is 0 Å². The van der Waals surface area contributed by atoms with E-state index in [0.29, 0.717) is 18.0 Å². The fourth-order valence-electron chi connectivity index (χ4n) is 2.94. The molecule has 1 amide bonds. The van der Waals surface area contributed by atoms with Crippen LogP contribution in [0.15, 0.2) is 85.5 Å². The Bertz CT molecular complexity index is 1100. The summed E-state index contributed by atoms with van der Waals surface area (Å²) in [7, 11) is 0. The fraction of sp³-hybridized carbons (Fsp3) is 0.130. The minimum Gasteiger partial charge on any atom is -0.487 e. The molecule has 4 aromatic rings. The fourth-order valence-corrected chi connectivity index (χ4v) is 2.94. The van der Waals surface area contributed by atoms with Crippen LogP contribution in [-0.4, -0.2) is 25.7 Å². The second-order valence-corrected chi connectivity index (χ2v) is 6.73. The molecular formula is C23H21N5O2. The molecule has 0 radical (unpaired) electrons. The maximum atomic E-state index is 12.6. The molecule has 3 aromatic heterocycles. The highest BCUT2D eigenvalue weighted by Crippen LogP contribution is 2.20. The van der Waals surface area contributed by atoms with E-state index in [1.54, 1.807) is 41.6 Å². The number of nitrogens with zero attached hydrogens (tertiary/aromatic N) is 4. The average Bonchev–Trinajstić information content (AvgIpc) is 3.34. The highest BCUT2D eigenvalue weighted by molar-refractivity contribution is 5.94. The number of carbonyl (C=O) groups is 1. The minimum atomic E-state index is -0.193. The highest BCUT2D eigenvalue weighted by Gasteiger charge is 2.13. The molecule has 0 spiro atoms. The van der Waals surface area contributed by atoms with Gasteiger partial charge in [-0.05, 0) is 55.0 Å². The Labute approximate surface area is 174 Å². The van der Waals surface area contributed by atoms with Gasteiger partial charge in [0.1, 0.15) is 12.4 Å². The summed E-state index contributed by atoms with van der Waals surface area (Å²) >= 11 is 0. The number of hydrogen-bond donors (Lipinski definition) is 1. The van der Waals surface area contributed by atoms with Gasteiger partial charge in [0.05, 0.1) is 17.3 Å². The van der Waals surface area contributed by atoms with Gasteiger partial charge in [0.2, 0.25) is 0 Å². The molecule has 0 aliphatic rings. The Morgan fingerprint density at radius 1 is 1.07 bits per heavy atom. The molecule has 3 heterocycles. The lowest BCUT2D eigenvalue weighted by molar-refractivity contribution is 0.0939. The zero-order valence-corrected chi connectivity index (χ0v) is 16.5. The number of rotatable bonds is 7. The van der Waals surface area contributed by atoms with Gasteiger partial charge < -0.3 is 10.1 Å². The van der Waals surface area contributed by atoms with Gasteiger partial charge >= 0.3 is 0 Å². The predicted octanol–water partition coefficient (Wildman–Crippen LogP) is 3.73. The smallest absolute Gasteiger partial charge is 0.253 e. The van der Waals surface area contributed by atoms with Crippen LogP contribution in [0.3, 0.4) is 0 Å². The molecular weight excluding hydrogens is 378 g/mol. The quantitative estimate of drug-likeness (QED) is 0.512. The van der Waals surface area contributed by atoms with E-state index < -0.39 is 0 Å². The number of carbonyl (C=O) groups excluding carboxylic acids is 1. The molecule has 0 bridgehead atoms. The van der Waals surface area contributed by atoms with Crippen molar-refractivity contribution in [3.05, 3.63) is 102 Å². The number of hydrogen-bond acceptors (Lipinski definition) is 5. The first-order chi connectivity index (χ1) is 14.7. The van der Waals surface area contributed by atoms with Crippen LogP contribution < -0.4 is 10.1 Å². The summed E-state index contributed by atoms with van der Waals surface area (Å²) in [6, 6.07) is 18.5. The highest BCUT2D eigenvalue weighted by atomic mass is 16.5. The minimum absolute atomic E-state index is 0.193. The third kappa shape index (κ3) is 4.70. The summed E-state index contributed by atoms with van der Waals surface area (Å²) in [5.74, 6) is 1.19. The van der Waals surface area contributed by atoms with Crippen LogP contribution in [0.1, 0.15) is 34.6 Å². The van der Waals surface area contributed by atoms with Crippen molar-refractivity contribution in [2.75, 3.05) is 0 Å². The first-order valence-corrected chi connectivity index (χ1v) is 9.58. The van der Waals surface area contributed by atoms with Crippen LogP contribution in [0.4, 0.5) is 0 Å². The van der Waals surface area contributed by atoms with Crippen LogP contribution in [0.25, 0.3) is 5.82 Å². The Balaban J connectivity index is 1.38. The summed E-state index contributed by atoms with van der Waals surface area (Å²) in [5, 5.41) is 7.13. The second kappa shape index (κ2) is 9.00. The Hall–Kier alpha value is -4.00. The SMILES string of the molecule is CC(NC(=O)c1ccc(-n2cccn2)nc1)c1cccc(OCc2ccccn2)c1. The third-order valence-corrected chi connectivity index (χ3v) is 4.57. The molecule has 1 atom stereocenters. The van der Waals surface area contributed by atoms with Crippen molar-refractivity contribution in [1.82, 2.24) is 25.1 Å². The number of ether oxygens (including phenoxy) is 1. The topological polar surface area (TPSA) is 81.9 Å². The molecule has 1 unspecified atom stereocenters. The largest absolute Gasteiger partial charge is 0.487 e. The molecule has 0 fully saturated rings. The van der Waals surface area contributed by atoms with Crippen molar-refractivity contribution in [1.29, 1.82) is 0 Å². The van der Waals surface area contributed by atoms with E-state index in [2.05, 4.69) is 20.4 Å². The van der Waals surface area contributed by atoms with Crippen LogP contribution in [-0.2, 0) is 6.61 Å². The predicted molar refractivity (Wildman–Crippen MR) is 112 cm³/mol. The molecule has 7 heteroatoms. The van der Waals surface area contributed by atoms with E-state index in [-0.39, 0.29) is 11.9 Å². The average molecular weight is 399 g/mol. The van der Waals surface area contributed by atoms with Gasteiger partial charge in [-0.15, -0.1) is 0 Å². The lowest BCUT2D eigenvalue weighted by Gasteiger charge is -2.16. The maximum absolute atomic E-state index is 12.6. The maximum Gasteiger partial charge on any atom is 0.253 e. The van der Waals surface area contributed by atoms with Crippen molar-refractivity contribution < 1.29 is 9.53 Å². The molecule has 1 N–H and O–H groups in total. The number of aromatic nitrogens is 4. The number of pyridine rings is 2. The summed E-state index contributed by atoms with van der Waals surface area (Å²) in [6.45, 7) is 2.32. The molecule has 0 aliphatic heterocycles. The third-order valence-electron chi connectivity index (χ3n) is 4.57. The van der Waals surface area contributed by atoms with Gasteiger partial charge in [-0.1, -0.05) is 18.2 Å². The van der Waals surface area contributed by atoms with E-state index in [0.717, 1.165) is 17.0 Å². The Kier molecular flexibility index (Phi) is 5.80. The van der Waals surface area contributed by atoms with Gasteiger partial charge in [0.25, 0.3) is 5.91 Å². The summed E-state index contributed by atoms with van der Waals surface area (Å²) in [4.78, 5) is 21.2. The van der Waals surface area contributed by atoms with Crippen molar-refractivity contribution in [2.24, 2.45) is 0 Å². The monoisotopic (exact) mass is 399 g/mol. The molecule has 1 aromatic carbocycles. The van der Waals surface area contributed by atoms with Gasteiger partial charge in [-0.2, -0.15) is 5.10 Å². The van der Waals surface area contributed by atoms with Gasteiger partial charge in [0, 0.05) is 24.8 Å². The molecule has 30 heavy (non-hydrogen) atoms. The van der Waals surface area contributed by atoms with Crippen molar-refractivity contribution in [2.45, 2.75) is 19.6 Å². The van der Waals surface area contributed by atoms with E-state index in [9.17, 15) is 4.79 Å². The zero-order valence-electron chi connectivity index (χ0n) is 16.5. The van der Waals surface area contributed by atoms with E-state index in [1.165, 1.54) is 0 Å². The van der Waals surface area contributed by atoms with Crippen molar-refractivity contribution >= 4 is 5.91 Å². The van der Waals surface area contributed by atoms with Crippen LogP contribution in [0.5, 0.6) is 5.75 Å². The molecule has 0 saturated heterocycles. The van der Waals surface area contributed by atoms with E-state index >= 15 is 0 Å². The number of benzene rings is 1. The van der Waals surface area contributed by atoms with E-state index in [4.69, 9.17) is 4.74 Å². The molecule has 4 rings (SSSR count). The lowest BCUT2D eigenvalue weighted by Crippen LogP contribution is -2.26. The Morgan fingerprint density at radius 2 is 2.00 bits per heavy atom. The molecule has 7 nitrogen and oxygen atoms in total. The van der Waals surface area contributed by atoms with E-state index in [1.807, 2.05) is 55.5 Å². The number of amides is 1. The zero-order chi connectivity index (χ0) is 20.8. The summed E-state index contributed by atoms with van der Waals surface area (Å²) < 4.78 is 7.47. The molecule has 0 aliphatic carbocycles. The molecule has 150 valence electrons. The van der Waals surface area contributed by atoms with Gasteiger partial charge in [-0.3, -0.25) is 9.78 Å². The van der Waals surface area contributed by atoms with Gasteiger partial charge in [-0.25, -0.2) is 9.67 Å². The standard InChI is InChI=1S/C23H21N5O2/c1-17(18-6-4-8-21(14-18)30-16-20-7-2-3-11-24-20)27-23(29)19-9-10-22(25-15-19)28-13-5-12-26-28/h2-15,17H,16H2,1H3,(H,27,29). The normalized spacial score (nSPS) is 11.6. The van der Waals surface area contributed by atoms with Crippen molar-refractivity contribution in [3.8, 4) is 11.6 Å². The molecule has 0 saturated carbocycles. The Morgan fingerprint density at radius 3 is 2.73 bits per heavy atom. The van der Waals surface area contributed by atoms with Crippen LogP contribution in [0, 0.1) is 0 Å². The summed E-state index contributed by atoms with van der Waals surface area (Å²) in [6.07, 6.45) is 6.76. The van der Waals surface area contributed by atoms with Crippen LogP contribution >= 0.6 is 0 Å². The number of nitrogens with one attached hydrogen (secondary N) is 1. The first-order valence-electron chi connectivity index (χ1n) is 9.58. The summed E-state index contributed by atoms with van der Waals surface area (Å²) in [5.41, 5.74) is 2.29. The second-order valence-electron chi connectivity index (χ2n) is 6.73. The lowest BCUT2D eigenvalue weighted by atomic mass is 10.1. The first kappa shape index (κ1) is 19.3. The van der Waals surface area contributed by atoms with Gasteiger partial charge in [0.15, 0.2) is 5.82 Å².